The highest BCUT2D eigenvalue weighted by molar-refractivity contribution is 4.21. The van der Waals surface area contributed by atoms with Crippen LogP contribution >= 0.6 is 0 Å². The van der Waals surface area contributed by atoms with Crippen molar-refractivity contribution in [2.24, 2.45) is 0 Å². The van der Waals surface area contributed by atoms with E-state index in [1.165, 1.54) is 12.8 Å². The van der Waals surface area contributed by atoms with E-state index in [2.05, 4.69) is 12.7 Å². The van der Waals surface area contributed by atoms with Gasteiger partial charge in [0.15, 0.2) is 0 Å². The molecule has 0 rings (SSSR count). The zero-order valence-corrected chi connectivity index (χ0v) is 3.83. The van der Waals surface area contributed by atoms with Gasteiger partial charge < -0.3 is 7.16 Å². The van der Waals surface area contributed by atoms with Gasteiger partial charge in [-0.25, -0.2) is 0 Å². The van der Waals surface area contributed by atoms with Gasteiger partial charge in [0.25, 0.3) is 0 Å². The van der Waals surface area contributed by atoms with Crippen LogP contribution in [-0.2, 0) is 0 Å². The molecule has 0 spiro atoms. The van der Waals surface area contributed by atoms with Crippen molar-refractivity contribution in [1.82, 2.24) is 0 Å². The van der Waals surface area contributed by atoms with Gasteiger partial charge in [-0.15, -0.1) is 0 Å². The lowest BCUT2D eigenvalue weighted by Gasteiger charge is -1.77. The number of unbranched alkanes of at least 4 members (excludes halogenated alkanes) is 1. The lowest BCUT2D eigenvalue weighted by Crippen LogP contribution is -2.49. The molecule has 3 N–H and O–H groups in total. The molecule has 0 aromatic rings. The van der Waals surface area contributed by atoms with Gasteiger partial charge in [-0.1, -0.05) is 13.3 Å². The molecule has 0 heterocycles. The third-order valence-corrected chi connectivity index (χ3v) is 0.604. The fourth-order valence-corrected chi connectivity index (χ4v) is 0.250. The molecule has 0 fully saturated rings. The van der Waals surface area contributed by atoms with Crippen LogP contribution in [-0.4, -0.2) is 6.54 Å². The normalized spacial score (nSPS) is 8.40. The fraction of sp³-hybridized carbons (Fsp3) is 1.00. The van der Waals surface area contributed by atoms with Crippen LogP contribution < -0.4 is 5.73 Å². The average Bonchev–Trinajstić information content (AvgIpc) is 1.41. The first-order valence-corrected chi connectivity index (χ1v) is 2.21. The topological polar surface area (TPSA) is 27.6 Å². The van der Waals surface area contributed by atoms with E-state index in [1.54, 1.807) is 0 Å². The molecule has 5 heavy (non-hydrogen) atoms. The minimum Gasteiger partial charge on any atom is -1.00 e. The smallest absolute Gasteiger partial charge is 0.0739 e. The summed E-state index contributed by atoms with van der Waals surface area (Å²) in [4.78, 5) is 0. The van der Waals surface area contributed by atoms with Gasteiger partial charge in [-0.05, 0) is 6.42 Å². The Balaban J connectivity index is 0. The van der Waals surface area contributed by atoms with Crippen molar-refractivity contribution < 1.29 is 7.16 Å². The molecule has 34 valence electrons. The van der Waals surface area contributed by atoms with E-state index in [4.69, 9.17) is 0 Å². The third-order valence-electron chi connectivity index (χ3n) is 0.604. The maximum Gasteiger partial charge on any atom is 0.0739 e. The Morgan fingerprint density at radius 2 is 2.40 bits per heavy atom. The number of rotatable bonds is 2. The van der Waals surface area contributed by atoms with Gasteiger partial charge in [0.05, 0.1) is 6.54 Å². The molecule has 1 nitrogen and oxygen atoms in total. The molecule has 0 atom stereocenters. The van der Waals surface area contributed by atoms with Crippen molar-refractivity contribution in [3.63, 3.8) is 0 Å². The summed E-state index contributed by atoms with van der Waals surface area (Å²) < 4.78 is 0. The molecule has 0 aliphatic carbocycles. The van der Waals surface area contributed by atoms with Crippen LogP contribution in [0.1, 0.15) is 21.2 Å². The van der Waals surface area contributed by atoms with Crippen molar-refractivity contribution >= 4 is 0 Å². The first-order chi connectivity index (χ1) is 2.41. The Bertz CT molecular complexity index is 15.0. The highest BCUT2D eigenvalue weighted by Gasteiger charge is 1.71. The second kappa shape index (κ2) is 3.96. The lowest BCUT2D eigenvalue weighted by molar-refractivity contribution is -0.368. The van der Waals surface area contributed by atoms with Gasteiger partial charge >= 0.3 is 0 Å². The Labute approximate surface area is 34.7 Å². The highest BCUT2D eigenvalue weighted by atomic mass is 14.5. The Kier molecular flexibility index (Phi) is 3.93. The van der Waals surface area contributed by atoms with Crippen LogP contribution in [0.25, 0.3) is 0 Å². The van der Waals surface area contributed by atoms with Crippen LogP contribution in [0.4, 0.5) is 0 Å². The second-order valence-electron chi connectivity index (χ2n) is 1.21. The predicted molar refractivity (Wildman–Crippen MR) is 23.8 cm³/mol. The van der Waals surface area contributed by atoms with Crippen molar-refractivity contribution in [2.75, 3.05) is 6.54 Å². The molecule has 0 amide bonds. The van der Waals surface area contributed by atoms with Gasteiger partial charge in [0, 0.05) is 0 Å². The molecule has 0 unspecified atom stereocenters. The molecule has 0 aliphatic rings. The second-order valence-corrected chi connectivity index (χ2v) is 1.21. The summed E-state index contributed by atoms with van der Waals surface area (Å²) in [5.41, 5.74) is 3.68. The van der Waals surface area contributed by atoms with E-state index in [1.807, 2.05) is 0 Å². The molecular weight excluding hydrogens is 62.1 g/mol. The minimum atomic E-state index is 0. The molecule has 0 aliphatic heterocycles. The van der Waals surface area contributed by atoms with E-state index >= 15 is 0 Å². The number of quaternary nitrogens is 1. The van der Waals surface area contributed by atoms with Crippen LogP contribution in [0.15, 0.2) is 0 Å². The zero-order valence-electron chi connectivity index (χ0n) is 4.83. The van der Waals surface area contributed by atoms with Gasteiger partial charge in [-0.3, -0.25) is 0 Å². The van der Waals surface area contributed by atoms with E-state index in [0.29, 0.717) is 0 Å². The molecular formula is C4H13N. The van der Waals surface area contributed by atoms with E-state index < -0.39 is 0 Å². The SMILES string of the molecule is CCCC[NH3+].[H-]. The molecule has 0 radical (unpaired) electrons. The van der Waals surface area contributed by atoms with Crippen LogP contribution in [0.3, 0.4) is 0 Å². The monoisotopic (exact) mass is 75.1 g/mol. The van der Waals surface area contributed by atoms with Crippen molar-refractivity contribution in [3.8, 4) is 0 Å². The van der Waals surface area contributed by atoms with Crippen LogP contribution in [0.2, 0.25) is 0 Å². The summed E-state index contributed by atoms with van der Waals surface area (Å²) in [6.45, 7) is 3.27. The Hall–Kier alpha value is -0.0400. The van der Waals surface area contributed by atoms with Crippen LogP contribution in [0, 0.1) is 0 Å². The van der Waals surface area contributed by atoms with Crippen molar-refractivity contribution in [1.29, 1.82) is 0 Å². The predicted octanol–water partition coefficient (Wildman–Crippen LogP) is 0.141. The standard InChI is InChI=1S/C4H11N.H/c1-2-3-4-5;/h2-5H2,1H3;/q;-1/p+1. The minimum absolute atomic E-state index is 0. The zero-order chi connectivity index (χ0) is 4.12. The largest absolute Gasteiger partial charge is 1.00 e. The molecule has 0 aromatic carbocycles. The van der Waals surface area contributed by atoms with Gasteiger partial charge in [-0.2, -0.15) is 0 Å². The Morgan fingerprint density at radius 1 is 1.80 bits per heavy atom. The Morgan fingerprint density at radius 3 is 2.40 bits per heavy atom. The first kappa shape index (κ1) is 4.96. The quantitative estimate of drug-likeness (QED) is 0.483. The van der Waals surface area contributed by atoms with Crippen molar-refractivity contribution in [2.45, 2.75) is 19.8 Å². The van der Waals surface area contributed by atoms with E-state index in [-0.39, 0.29) is 1.43 Å². The van der Waals surface area contributed by atoms with Gasteiger partial charge in [0.1, 0.15) is 0 Å². The summed E-state index contributed by atoms with van der Waals surface area (Å²) in [5, 5.41) is 0. The summed E-state index contributed by atoms with van der Waals surface area (Å²) in [6.07, 6.45) is 2.56. The van der Waals surface area contributed by atoms with E-state index in [9.17, 15) is 0 Å². The van der Waals surface area contributed by atoms with Crippen LogP contribution in [0.5, 0.6) is 0 Å². The molecule has 0 saturated heterocycles. The molecule has 0 bridgehead atoms. The first-order valence-electron chi connectivity index (χ1n) is 2.21. The molecule has 0 saturated carbocycles. The summed E-state index contributed by atoms with van der Waals surface area (Å²) in [7, 11) is 0. The lowest BCUT2D eigenvalue weighted by atomic mass is 10.3. The van der Waals surface area contributed by atoms with E-state index in [0.717, 1.165) is 6.54 Å². The highest BCUT2D eigenvalue weighted by Crippen LogP contribution is 1.75. The molecule has 0 aromatic heterocycles. The van der Waals surface area contributed by atoms with Crippen molar-refractivity contribution in [3.05, 3.63) is 0 Å². The summed E-state index contributed by atoms with van der Waals surface area (Å²) >= 11 is 0. The third kappa shape index (κ3) is 3.96. The summed E-state index contributed by atoms with van der Waals surface area (Å²) in [6, 6.07) is 0. The maximum atomic E-state index is 3.68. The van der Waals surface area contributed by atoms with Gasteiger partial charge in [0.2, 0.25) is 0 Å². The number of hydrogen-bond acceptors (Lipinski definition) is 0. The maximum absolute atomic E-state index is 3.68. The fourth-order valence-electron chi connectivity index (χ4n) is 0.250. The number of hydrogen-bond donors (Lipinski definition) is 1. The molecule has 1 heteroatoms. The summed E-state index contributed by atoms with van der Waals surface area (Å²) in [5.74, 6) is 0. The average molecular weight is 75.2 g/mol.